The van der Waals surface area contributed by atoms with Gasteiger partial charge in [-0.05, 0) is 148 Å². The van der Waals surface area contributed by atoms with Crippen molar-refractivity contribution in [2.45, 2.75) is 112 Å². The van der Waals surface area contributed by atoms with Crippen LogP contribution in [0.2, 0.25) is 0 Å². The van der Waals surface area contributed by atoms with Gasteiger partial charge < -0.3 is 13.9 Å². The van der Waals surface area contributed by atoms with E-state index in [1.54, 1.807) is 45.5 Å². The average Bonchev–Trinajstić information content (AvgIpc) is 1.66. The molecule has 0 saturated heterocycles. The summed E-state index contributed by atoms with van der Waals surface area (Å²) in [4.78, 5) is 4.74. The molecule has 446 valence electrons. The van der Waals surface area contributed by atoms with Crippen LogP contribution in [0.4, 0.5) is 0 Å². The summed E-state index contributed by atoms with van der Waals surface area (Å²) < 4.78 is 171. The number of ether oxygens (including phenoxy) is 1. The van der Waals surface area contributed by atoms with Crippen LogP contribution in [-0.4, -0.2) is 14.1 Å². The second-order valence-electron chi connectivity index (χ2n) is 26.5. The van der Waals surface area contributed by atoms with Crippen molar-refractivity contribution in [2.24, 2.45) is 0 Å². The third-order valence-corrected chi connectivity index (χ3v) is 16.2. The van der Waals surface area contributed by atoms with E-state index in [1.807, 2.05) is 53.1 Å². The van der Waals surface area contributed by atoms with Crippen LogP contribution < -0.4 is 9.30 Å². The van der Waals surface area contributed by atoms with Gasteiger partial charge in [0.15, 0.2) is 0 Å². The molecular formula is C83H76N4OPt-2. The minimum absolute atomic E-state index is 0. The van der Waals surface area contributed by atoms with Crippen LogP contribution in [0.5, 0.6) is 11.5 Å². The van der Waals surface area contributed by atoms with Crippen molar-refractivity contribution in [3.63, 3.8) is 0 Å². The van der Waals surface area contributed by atoms with Gasteiger partial charge in [0.05, 0.1) is 37.3 Å². The minimum atomic E-state index is -2.86. The monoisotopic (exact) mass is 1360 g/mol. The third kappa shape index (κ3) is 11.9. The standard InChI is InChI=1S/C83H76N4O.Pt/c1-54-40-78(84-52-73(54)57-30-21-16-22-31-57)87-74-35-24-23-34-69(74)70-38-37-68(51-76(70)87)88-67-33-25-32-66(50-67)85-53-86(75-39-36-58(47-77(75)85)55-26-17-14-18-27-55)79-71(60-41-62(80(2,3)4)48-63(42-60)81(5,6)7)45-59(56-28-19-15-20-29-56)46-72(79)61-43-64(82(8,9)10)49-65(44-61)83(11,12)13;/h14-49,52H,1-13H3;/q-2;/i1D3,14D,15D,16D,17D,18D,19D,20D,21D,22D,26D,27D,28D,29D,30D,31D;. The molecule has 10 aromatic carbocycles. The summed E-state index contributed by atoms with van der Waals surface area (Å²) in [5.74, 6) is 0.520. The summed E-state index contributed by atoms with van der Waals surface area (Å²) in [6.45, 7) is 22.9. The molecule has 6 heteroatoms. The Balaban J connectivity index is 0.0000107. The zero-order valence-corrected chi connectivity index (χ0v) is 54.0. The Morgan fingerprint density at radius 3 is 1.56 bits per heavy atom. The van der Waals surface area contributed by atoms with E-state index in [4.69, 9.17) is 28.9 Å². The van der Waals surface area contributed by atoms with Crippen LogP contribution in [0.3, 0.4) is 0 Å². The zero-order chi connectivity index (χ0) is 77.0. The van der Waals surface area contributed by atoms with Gasteiger partial charge in [-0.15, -0.1) is 29.7 Å². The molecule has 5 nitrogen and oxygen atoms in total. The van der Waals surface area contributed by atoms with Crippen molar-refractivity contribution in [2.75, 3.05) is 0 Å². The van der Waals surface area contributed by atoms with Crippen molar-refractivity contribution in [1.29, 1.82) is 0 Å². The van der Waals surface area contributed by atoms with Crippen LogP contribution in [0.15, 0.2) is 224 Å². The Kier molecular flexibility index (Phi) is 11.0. The molecule has 13 aromatic rings. The molecule has 0 fully saturated rings. The number of fused-ring (bicyclic) bond motifs is 4. The van der Waals surface area contributed by atoms with E-state index < -0.39 is 107 Å². The molecule has 0 unspecified atom stereocenters. The maximum absolute atomic E-state index is 9.54. The normalized spacial score (nSPS) is 15.2. The van der Waals surface area contributed by atoms with Gasteiger partial charge in [0.25, 0.3) is 6.33 Å². The van der Waals surface area contributed by atoms with E-state index in [1.165, 1.54) is 12.3 Å². The van der Waals surface area contributed by atoms with Gasteiger partial charge in [-0.1, -0.05) is 246 Å². The first-order valence-electron chi connectivity index (χ1n) is 38.4. The number of rotatable bonds is 10. The first-order valence-corrected chi connectivity index (χ1v) is 29.4. The number of para-hydroxylation sites is 1. The molecule has 0 saturated carbocycles. The van der Waals surface area contributed by atoms with Crippen LogP contribution in [0.25, 0.3) is 106 Å². The number of nitrogens with zero attached hydrogens (tertiary/aromatic N) is 4. The van der Waals surface area contributed by atoms with Crippen molar-refractivity contribution < 1.29 is 55.0 Å². The fourth-order valence-electron chi connectivity index (χ4n) is 11.2. The Labute approximate surface area is 565 Å². The fraction of sp³-hybridized carbons (Fsp3) is 0.205. The summed E-state index contributed by atoms with van der Waals surface area (Å²) in [6.07, 6.45) is 4.97. The van der Waals surface area contributed by atoms with Gasteiger partial charge in [0, 0.05) is 54.0 Å². The molecule has 0 atom stereocenters. The van der Waals surface area contributed by atoms with Crippen molar-refractivity contribution in [3.8, 4) is 84.3 Å². The second-order valence-corrected chi connectivity index (χ2v) is 26.5. The average molecular weight is 1360 g/mol. The quantitative estimate of drug-likeness (QED) is 0.101. The van der Waals surface area contributed by atoms with Crippen LogP contribution >= 0.6 is 0 Å². The molecule has 3 heterocycles. The first kappa shape index (κ1) is 42.1. The van der Waals surface area contributed by atoms with Gasteiger partial charge in [0.1, 0.15) is 5.82 Å². The molecule has 0 aliphatic rings. The first-order chi connectivity index (χ1) is 49.5. The minimum Gasteiger partial charge on any atom is -0.510 e. The smallest absolute Gasteiger partial charge is 0.268 e. The predicted octanol–water partition coefficient (Wildman–Crippen LogP) is 21.4. The second kappa shape index (κ2) is 23.2. The molecule has 0 aliphatic carbocycles. The molecule has 0 N–H and O–H groups in total. The summed E-state index contributed by atoms with van der Waals surface area (Å²) in [6, 6.07) is 38.8. The molecule has 0 amide bonds. The molecule has 13 rings (SSSR count). The van der Waals surface area contributed by atoms with E-state index in [0.29, 0.717) is 55.5 Å². The van der Waals surface area contributed by atoms with E-state index in [-0.39, 0.29) is 83.8 Å². The van der Waals surface area contributed by atoms with E-state index in [2.05, 4.69) is 138 Å². The van der Waals surface area contributed by atoms with E-state index in [0.717, 1.165) is 38.8 Å². The van der Waals surface area contributed by atoms with Crippen LogP contribution in [0.1, 0.15) is 136 Å². The van der Waals surface area contributed by atoms with Gasteiger partial charge in [-0.2, -0.15) is 18.2 Å². The van der Waals surface area contributed by atoms with E-state index >= 15 is 0 Å². The molecule has 3 aromatic heterocycles. The predicted molar refractivity (Wildman–Crippen MR) is 367 cm³/mol. The number of imidazole rings is 1. The molecule has 89 heavy (non-hydrogen) atoms. The third-order valence-electron chi connectivity index (χ3n) is 16.2. The summed E-state index contributed by atoms with van der Waals surface area (Å²) in [5, 5.41) is 1.45. The number of hydrogen-bond acceptors (Lipinski definition) is 2. The Morgan fingerprint density at radius 2 is 1.00 bits per heavy atom. The summed E-state index contributed by atoms with van der Waals surface area (Å²) in [7, 11) is 0. The maximum Gasteiger partial charge on any atom is 0.268 e. The van der Waals surface area contributed by atoms with Gasteiger partial charge in [-0.3, -0.25) is 4.57 Å². The van der Waals surface area contributed by atoms with Crippen LogP contribution in [-0.2, 0) is 42.7 Å². The Morgan fingerprint density at radius 1 is 0.461 bits per heavy atom. The molecule has 0 aliphatic heterocycles. The maximum atomic E-state index is 9.54. The SMILES string of the molecule is [2H]c1c([2H])c([2H])c(-c2cc(-c3cc(C(C)(C)C)cc(C(C)(C)C)c3)c(-[n+]3[c-]n(-c4[c-]c(Oc5[c-]c6c(cc5)c5ccccc5n6-c5cc(C([2H])([2H])[2H])c(-c6c([2H])c([2H])c([2H])c([2H])c6[2H])cn5)ccc4)c4cc(-c5c([2H])c([2H])c([2H])c([2H])c5[2H])ccc43)c(-c3cc(C(C)(C)C)cc(C(C)(C)C)c3)c2)c([2H])c1[2H].[Pt]. The number of aryl methyl sites for hydroxylation is 1. The molecule has 0 bridgehead atoms. The number of benzene rings is 10. The van der Waals surface area contributed by atoms with E-state index in [9.17, 15) is 5.48 Å². The Bertz CT molecular complexity index is 5620. The number of hydrogen-bond donors (Lipinski definition) is 0. The van der Waals surface area contributed by atoms with Crippen LogP contribution in [0, 0.1) is 25.3 Å². The van der Waals surface area contributed by atoms with Gasteiger partial charge in [0.2, 0.25) is 0 Å². The number of aromatic nitrogens is 4. The number of pyridine rings is 1. The molecular weight excluding hydrogens is 1260 g/mol. The fourth-order valence-corrected chi connectivity index (χ4v) is 11.2. The molecule has 0 spiro atoms. The van der Waals surface area contributed by atoms with Crippen molar-refractivity contribution in [1.82, 2.24) is 14.1 Å². The van der Waals surface area contributed by atoms with Crippen molar-refractivity contribution >= 4 is 32.8 Å². The summed E-state index contributed by atoms with van der Waals surface area (Å²) in [5.41, 5.74) is 7.89. The Hall–Kier alpha value is -8.89. The zero-order valence-electron chi connectivity index (χ0n) is 69.7. The summed E-state index contributed by atoms with van der Waals surface area (Å²) >= 11 is 0. The van der Waals surface area contributed by atoms with Gasteiger partial charge in [-0.25, -0.2) is 4.98 Å². The van der Waals surface area contributed by atoms with Crippen molar-refractivity contribution in [3.05, 3.63) is 271 Å². The largest absolute Gasteiger partial charge is 0.510 e. The topological polar surface area (TPSA) is 35.9 Å². The molecule has 0 radical (unpaired) electrons. The van der Waals surface area contributed by atoms with Gasteiger partial charge >= 0.3 is 0 Å².